The van der Waals surface area contributed by atoms with E-state index in [0.29, 0.717) is 0 Å². The molecule has 0 fully saturated rings. The molecule has 0 spiro atoms. The maximum atomic E-state index is 6.52. The second kappa shape index (κ2) is 8.20. The van der Waals surface area contributed by atoms with Gasteiger partial charge in [-0.05, 0) is 64.7 Å². The van der Waals surface area contributed by atoms with Gasteiger partial charge in [0, 0.05) is 5.39 Å². The van der Waals surface area contributed by atoms with Crippen LogP contribution in [0.15, 0.2) is 97.1 Å². The lowest BCUT2D eigenvalue weighted by molar-refractivity contribution is 0.211. The van der Waals surface area contributed by atoms with Crippen molar-refractivity contribution in [1.82, 2.24) is 0 Å². The molecule has 1 heteroatoms. The minimum Gasteiger partial charge on any atom is -0.490 e. The highest BCUT2D eigenvalue weighted by Crippen LogP contribution is 2.39. The van der Waals surface area contributed by atoms with Crippen LogP contribution in [0.4, 0.5) is 0 Å². The zero-order chi connectivity index (χ0) is 20.3. The minimum atomic E-state index is 0.171. The molecule has 1 atom stereocenters. The highest BCUT2D eigenvalue weighted by molar-refractivity contribution is 6.26. The summed E-state index contributed by atoms with van der Waals surface area (Å²) >= 11 is 0. The summed E-state index contributed by atoms with van der Waals surface area (Å²) in [5.74, 6) is 0.988. The van der Waals surface area contributed by atoms with Crippen LogP contribution < -0.4 is 4.74 Å². The smallest absolute Gasteiger partial charge is 0.128 e. The van der Waals surface area contributed by atoms with Gasteiger partial charge in [0.2, 0.25) is 0 Å². The van der Waals surface area contributed by atoms with E-state index in [-0.39, 0.29) is 6.10 Å². The Morgan fingerprint density at radius 2 is 1.13 bits per heavy atom. The Hall–Kier alpha value is -3.32. The molecule has 0 heterocycles. The molecule has 0 radical (unpaired) electrons. The van der Waals surface area contributed by atoms with Crippen molar-refractivity contribution in [2.45, 2.75) is 32.3 Å². The van der Waals surface area contributed by atoms with Crippen molar-refractivity contribution in [3.8, 4) is 5.75 Å². The normalized spacial score (nSPS) is 12.4. The van der Waals surface area contributed by atoms with Gasteiger partial charge >= 0.3 is 0 Å². The van der Waals surface area contributed by atoms with E-state index >= 15 is 0 Å². The lowest BCUT2D eigenvalue weighted by Gasteiger charge is -2.18. The Kier molecular flexibility index (Phi) is 5.11. The Balaban J connectivity index is 1.49. The van der Waals surface area contributed by atoms with E-state index < -0.39 is 0 Å². The third kappa shape index (κ3) is 3.52. The quantitative estimate of drug-likeness (QED) is 0.267. The van der Waals surface area contributed by atoms with E-state index in [0.717, 1.165) is 25.0 Å². The summed E-state index contributed by atoms with van der Waals surface area (Å²) in [6.07, 6.45) is 3.43. The Morgan fingerprint density at radius 3 is 1.80 bits per heavy atom. The number of hydrogen-bond donors (Lipinski definition) is 0. The van der Waals surface area contributed by atoms with Crippen LogP contribution in [0, 0.1) is 0 Å². The van der Waals surface area contributed by atoms with Crippen LogP contribution >= 0.6 is 0 Å². The molecule has 0 saturated carbocycles. The molecule has 1 unspecified atom stereocenters. The Morgan fingerprint density at radius 1 is 0.600 bits per heavy atom. The number of ether oxygens (including phenoxy) is 1. The molecule has 0 aliphatic carbocycles. The average molecular weight is 391 g/mol. The van der Waals surface area contributed by atoms with Gasteiger partial charge in [0.25, 0.3) is 0 Å². The Labute approximate surface area is 177 Å². The summed E-state index contributed by atoms with van der Waals surface area (Å²) in [7, 11) is 0. The summed E-state index contributed by atoms with van der Waals surface area (Å²) in [6.45, 7) is 2.19. The third-order valence-electron chi connectivity index (χ3n) is 5.98. The third-order valence-corrected chi connectivity index (χ3v) is 5.98. The minimum absolute atomic E-state index is 0.171. The van der Waals surface area contributed by atoms with Crippen LogP contribution in [0.25, 0.3) is 32.3 Å². The van der Waals surface area contributed by atoms with Gasteiger partial charge in [0.1, 0.15) is 5.75 Å². The first-order valence-corrected chi connectivity index (χ1v) is 10.8. The molecule has 0 saturated heterocycles. The van der Waals surface area contributed by atoms with Crippen molar-refractivity contribution in [2.75, 3.05) is 0 Å². The summed E-state index contributed by atoms with van der Waals surface area (Å²) in [5, 5.41) is 7.62. The highest BCUT2D eigenvalue weighted by atomic mass is 16.5. The maximum absolute atomic E-state index is 6.52. The number of fused-ring (bicyclic) bond motifs is 6. The zero-order valence-corrected chi connectivity index (χ0v) is 17.3. The first kappa shape index (κ1) is 18.7. The fourth-order valence-corrected chi connectivity index (χ4v) is 4.53. The highest BCUT2D eigenvalue weighted by Gasteiger charge is 2.13. The topological polar surface area (TPSA) is 9.23 Å². The van der Waals surface area contributed by atoms with Crippen molar-refractivity contribution in [3.63, 3.8) is 0 Å². The van der Waals surface area contributed by atoms with E-state index in [2.05, 4.69) is 104 Å². The standard InChI is InChI=1S/C29H26O/c1-21(11-9-14-22-12-3-2-4-13-22)30-28-20-10-19-27-25-16-6-5-15-23(25)24-17-7-8-18-26(24)29(27)28/h2-8,10,12-13,15-21H,9,11,14H2,1H3. The number of benzene rings is 5. The Bertz CT molecular complexity index is 1260. The van der Waals surface area contributed by atoms with E-state index in [1.165, 1.54) is 37.9 Å². The van der Waals surface area contributed by atoms with Crippen molar-refractivity contribution >= 4 is 32.3 Å². The number of aryl methyl sites for hydroxylation is 1. The molecule has 5 aromatic carbocycles. The van der Waals surface area contributed by atoms with Gasteiger partial charge < -0.3 is 4.74 Å². The van der Waals surface area contributed by atoms with Crippen LogP contribution in [0.2, 0.25) is 0 Å². The summed E-state index contributed by atoms with van der Waals surface area (Å²) in [4.78, 5) is 0. The monoisotopic (exact) mass is 390 g/mol. The molecular weight excluding hydrogens is 364 g/mol. The van der Waals surface area contributed by atoms with Crippen LogP contribution in [-0.4, -0.2) is 6.10 Å². The molecule has 30 heavy (non-hydrogen) atoms. The van der Waals surface area contributed by atoms with E-state index in [1.54, 1.807) is 0 Å². The SMILES string of the molecule is CC(CCCc1ccccc1)Oc1cccc2c3ccccc3c3ccccc3c12. The average Bonchev–Trinajstić information content (AvgIpc) is 2.80. The molecule has 5 rings (SSSR count). The summed E-state index contributed by atoms with van der Waals surface area (Å²) in [5.41, 5.74) is 1.40. The lowest BCUT2D eigenvalue weighted by atomic mass is 9.94. The van der Waals surface area contributed by atoms with Gasteiger partial charge in [-0.3, -0.25) is 0 Å². The number of rotatable bonds is 6. The zero-order valence-electron chi connectivity index (χ0n) is 17.3. The van der Waals surface area contributed by atoms with E-state index in [9.17, 15) is 0 Å². The summed E-state index contributed by atoms with van der Waals surface area (Å²) < 4.78 is 6.52. The molecule has 0 bridgehead atoms. The predicted octanol–water partition coefficient (Wildman–Crippen LogP) is 7.94. The molecule has 0 N–H and O–H groups in total. The molecule has 148 valence electrons. The second-order valence-electron chi connectivity index (χ2n) is 8.08. The fourth-order valence-electron chi connectivity index (χ4n) is 4.53. The van der Waals surface area contributed by atoms with E-state index in [1.807, 2.05) is 0 Å². The van der Waals surface area contributed by atoms with Gasteiger partial charge in [-0.25, -0.2) is 0 Å². The first-order valence-electron chi connectivity index (χ1n) is 10.8. The van der Waals surface area contributed by atoms with Crippen LogP contribution in [0.3, 0.4) is 0 Å². The van der Waals surface area contributed by atoms with Crippen LogP contribution in [-0.2, 0) is 6.42 Å². The first-order chi connectivity index (χ1) is 14.8. The van der Waals surface area contributed by atoms with Gasteiger partial charge in [0.05, 0.1) is 6.10 Å². The van der Waals surface area contributed by atoms with Gasteiger partial charge in [-0.2, -0.15) is 0 Å². The summed E-state index contributed by atoms with van der Waals surface area (Å²) in [6, 6.07) is 34.5. The lowest BCUT2D eigenvalue weighted by Crippen LogP contribution is -2.12. The molecule has 1 nitrogen and oxygen atoms in total. The number of hydrogen-bond acceptors (Lipinski definition) is 1. The van der Waals surface area contributed by atoms with Crippen molar-refractivity contribution < 1.29 is 4.74 Å². The molecular formula is C29H26O. The molecule has 0 aliphatic rings. The predicted molar refractivity (Wildman–Crippen MR) is 128 cm³/mol. The van der Waals surface area contributed by atoms with Crippen molar-refractivity contribution in [3.05, 3.63) is 103 Å². The van der Waals surface area contributed by atoms with Gasteiger partial charge in [0.15, 0.2) is 0 Å². The van der Waals surface area contributed by atoms with Crippen molar-refractivity contribution in [1.29, 1.82) is 0 Å². The van der Waals surface area contributed by atoms with Gasteiger partial charge in [-0.15, -0.1) is 0 Å². The molecule has 0 amide bonds. The van der Waals surface area contributed by atoms with E-state index in [4.69, 9.17) is 4.74 Å². The van der Waals surface area contributed by atoms with Crippen LogP contribution in [0.5, 0.6) is 5.75 Å². The van der Waals surface area contributed by atoms with Crippen LogP contribution in [0.1, 0.15) is 25.3 Å². The van der Waals surface area contributed by atoms with Gasteiger partial charge in [-0.1, -0.05) is 91.0 Å². The largest absolute Gasteiger partial charge is 0.490 e. The fraction of sp³-hybridized carbons (Fsp3) is 0.172. The molecule has 0 aliphatic heterocycles. The molecule has 5 aromatic rings. The molecule has 0 aromatic heterocycles. The van der Waals surface area contributed by atoms with Crippen molar-refractivity contribution in [2.24, 2.45) is 0 Å². The second-order valence-corrected chi connectivity index (χ2v) is 8.08. The maximum Gasteiger partial charge on any atom is 0.128 e.